The van der Waals surface area contributed by atoms with Crippen LogP contribution in [-0.4, -0.2) is 46.4 Å². The number of nitrogens with zero attached hydrogens (tertiary/aromatic N) is 2. The largest absolute Gasteiger partial charge is 0.496 e. The van der Waals surface area contributed by atoms with Crippen molar-refractivity contribution in [3.8, 4) is 5.75 Å². The van der Waals surface area contributed by atoms with Crippen molar-refractivity contribution in [3.05, 3.63) is 47.2 Å². The molecule has 2 atom stereocenters. The number of carbonyl (C=O) groups is 2. The Bertz CT molecular complexity index is 904. The zero-order chi connectivity index (χ0) is 21.1. The summed E-state index contributed by atoms with van der Waals surface area (Å²) in [5.74, 6) is 0.231. The molecule has 154 valence electrons. The number of ether oxygens (including phenoxy) is 2. The molecule has 6 nitrogen and oxygen atoms in total. The molecule has 0 bridgehead atoms. The zero-order valence-electron chi connectivity index (χ0n) is 17.3. The number of thioether (sulfide) groups is 1. The highest BCUT2D eigenvalue weighted by molar-refractivity contribution is 8.15. The van der Waals surface area contributed by atoms with Crippen molar-refractivity contribution < 1.29 is 19.1 Å². The molecule has 2 unspecified atom stereocenters. The summed E-state index contributed by atoms with van der Waals surface area (Å²) in [5.41, 5.74) is 1.83. The van der Waals surface area contributed by atoms with Gasteiger partial charge in [0.1, 0.15) is 5.75 Å². The highest BCUT2D eigenvalue weighted by Crippen LogP contribution is 2.38. The molecule has 3 rings (SSSR count). The topological polar surface area (TPSA) is 68.2 Å². The lowest BCUT2D eigenvalue weighted by Gasteiger charge is -2.31. The van der Waals surface area contributed by atoms with Crippen molar-refractivity contribution in [3.63, 3.8) is 0 Å². The van der Waals surface area contributed by atoms with Gasteiger partial charge >= 0.3 is 5.97 Å². The summed E-state index contributed by atoms with van der Waals surface area (Å²) < 4.78 is 10.9. The molecule has 0 saturated carbocycles. The number of para-hydroxylation sites is 1. The molecule has 0 radical (unpaired) electrons. The first-order chi connectivity index (χ1) is 13.9. The van der Waals surface area contributed by atoms with E-state index in [9.17, 15) is 9.59 Å². The molecule has 1 fully saturated rings. The van der Waals surface area contributed by atoms with Gasteiger partial charge < -0.3 is 9.47 Å². The van der Waals surface area contributed by atoms with Crippen molar-refractivity contribution in [2.24, 2.45) is 4.99 Å². The number of benzene rings is 1. The van der Waals surface area contributed by atoms with Crippen LogP contribution in [0.4, 0.5) is 0 Å². The summed E-state index contributed by atoms with van der Waals surface area (Å²) in [6.07, 6.45) is 4.16. The van der Waals surface area contributed by atoms with Gasteiger partial charge in [-0.15, -0.1) is 0 Å². The normalized spacial score (nSPS) is 21.7. The van der Waals surface area contributed by atoms with Crippen LogP contribution < -0.4 is 4.74 Å². The number of carbonyl (C=O) groups excluding carboxylic acids is 2. The number of rotatable bonds is 6. The first kappa shape index (κ1) is 21.2. The minimum atomic E-state index is -0.574. The van der Waals surface area contributed by atoms with E-state index in [4.69, 9.17) is 9.47 Å². The molecule has 0 aliphatic carbocycles. The van der Waals surface area contributed by atoms with Crippen molar-refractivity contribution in [2.45, 2.75) is 51.5 Å². The van der Waals surface area contributed by atoms with Crippen LogP contribution in [0.5, 0.6) is 5.75 Å². The maximum atomic E-state index is 13.0. The van der Waals surface area contributed by atoms with E-state index in [0.29, 0.717) is 28.6 Å². The zero-order valence-corrected chi connectivity index (χ0v) is 18.2. The van der Waals surface area contributed by atoms with Gasteiger partial charge in [0.2, 0.25) is 5.91 Å². The van der Waals surface area contributed by atoms with Crippen molar-refractivity contribution in [1.29, 1.82) is 0 Å². The number of amides is 1. The minimum Gasteiger partial charge on any atom is -0.496 e. The van der Waals surface area contributed by atoms with Crippen LogP contribution in [0.3, 0.4) is 0 Å². The number of hydrogen-bond acceptors (Lipinski definition) is 6. The molecular formula is C22H26N2O4S. The van der Waals surface area contributed by atoms with Gasteiger partial charge in [0.25, 0.3) is 0 Å². The smallest absolute Gasteiger partial charge is 0.338 e. The second-order valence-corrected chi connectivity index (χ2v) is 8.29. The fourth-order valence-corrected chi connectivity index (χ4v) is 4.49. The van der Waals surface area contributed by atoms with Crippen LogP contribution in [0.25, 0.3) is 6.08 Å². The maximum absolute atomic E-state index is 13.0. The maximum Gasteiger partial charge on any atom is 0.338 e. The van der Waals surface area contributed by atoms with E-state index >= 15 is 0 Å². The van der Waals surface area contributed by atoms with Gasteiger partial charge in [-0.25, -0.2) is 9.79 Å². The van der Waals surface area contributed by atoms with E-state index < -0.39 is 12.0 Å². The van der Waals surface area contributed by atoms with Crippen molar-refractivity contribution >= 4 is 34.9 Å². The van der Waals surface area contributed by atoms with Gasteiger partial charge in [-0.3, -0.25) is 9.69 Å². The Morgan fingerprint density at radius 2 is 2.07 bits per heavy atom. The van der Waals surface area contributed by atoms with Crippen LogP contribution >= 0.6 is 11.8 Å². The summed E-state index contributed by atoms with van der Waals surface area (Å²) >= 11 is 1.45. The fraction of sp³-hybridized carbons (Fsp3) is 0.409. The fourth-order valence-electron chi connectivity index (χ4n) is 3.35. The second kappa shape index (κ2) is 8.86. The van der Waals surface area contributed by atoms with Gasteiger partial charge in [-0.05, 0) is 33.3 Å². The monoisotopic (exact) mass is 414 g/mol. The molecule has 7 heteroatoms. The number of methoxy groups -OCH3 is 1. The van der Waals surface area contributed by atoms with Crippen molar-refractivity contribution in [2.75, 3.05) is 7.11 Å². The number of hydrogen-bond donors (Lipinski definition) is 0. The number of esters is 1. The number of aliphatic imine (C=N–C) groups is 1. The summed E-state index contributed by atoms with van der Waals surface area (Å²) in [6.45, 7) is 7.36. The molecule has 1 amide bonds. The summed E-state index contributed by atoms with van der Waals surface area (Å²) in [4.78, 5) is 32.0. The molecule has 1 saturated heterocycles. The van der Waals surface area contributed by atoms with Gasteiger partial charge in [0, 0.05) is 5.56 Å². The number of allylic oxidation sites excluding steroid dienone is 1. The average molecular weight is 415 g/mol. The molecule has 0 spiro atoms. The quantitative estimate of drug-likeness (QED) is 0.658. The molecule has 2 aliphatic heterocycles. The Morgan fingerprint density at radius 1 is 1.34 bits per heavy atom. The first-order valence-electron chi connectivity index (χ1n) is 9.68. The predicted molar refractivity (Wildman–Crippen MR) is 116 cm³/mol. The van der Waals surface area contributed by atoms with Crippen LogP contribution in [0, 0.1) is 0 Å². The minimum absolute atomic E-state index is 0.0340. The van der Waals surface area contributed by atoms with E-state index in [1.54, 1.807) is 32.8 Å². The third-order valence-electron chi connectivity index (χ3n) is 4.72. The lowest BCUT2D eigenvalue weighted by Crippen LogP contribution is -2.45. The van der Waals surface area contributed by atoms with Gasteiger partial charge in [-0.1, -0.05) is 49.0 Å². The molecule has 1 aromatic carbocycles. The third kappa shape index (κ3) is 4.24. The van der Waals surface area contributed by atoms with Gasteiger partial charge in [0.05, 0.1) is 35.8 Å². The lowest BCUT2D eigenvalue weighted by molar-refractivity contribution is -0.143. The van der Waals surface area contributed by atoms with Crippen LogP contribution in [0.1, 0.15) is 39.7 Å². The Hall–Kier alpha value is -2.54. The standard InChI is InChI=1S/C22H26N2O4S/c1-6-18-20(25)24-16(12-11-15-9-7-8-10-17(15)27-5)19(21(26)28-13(2)3)14(4)23-22(24)29-18/h7-13,16,18H,6H2,1-5H3/b12-11+. The lowest BCUT2D eigenvalue weighted by atomic mass is 10.00. The van der Waals surface area contributed by atoms with Crippen LogP contribution in [0.15, 0.2) is 46.6 Å². The van der Waals surface area contributed by atoms with Crippen molar-refractivity contribution in [1.82, 2.24) is 4.90 Å². The first-order valence-corrected chi connectivity index (χ1v) is 10.6. The molecule has 0 aromatic heterocycles. The van der Waals surface area contributed by atoms with E-state index in [1.807, 2.05) is 43.3 Å². The molecule has 0 N–H and O–H groups in total. The van der Waals surface area contributed by atoms with Crippen LogP contribution in [0.2, 0.25) is 0 Å². The molecule has 2 heterocycles. The Morgan fingerprint density at radius 3 is 2.72 bits per heavy atom. The number of amidine groups is 1. The van der Waals surface area contributed by atoms with E-state index in [1.165, 1.54) is 11.8 Å². The summed E-state index contributed by atoms with van der Waals surface area (Å²) in [6, 6.07) is 7.02. The third-order valence-corrected chi connectivity index (χ3v) is 6.04. The molecular weight excluding hydrogens is 388 g/mol. The Labute approximate surface area is 175 Å². The second-order valence-electron chi connectivity index (χ2n) is 7.12. The van der Waals surface area contributed by atoms with E-state index in [0.717, 1.165) is 5.56 Å². The predicted octanol–water partition coefficient (Wildman–Crippen LogP) is 4.03. The Balaban J connectivity index is 2.04. The summed E-state index contributed by atoms with van der Waals surface area (Å²) in [5, 5.41) is 0.444. The number of fused-ring (bicyclic) bond motifs is 1. The SMILES string of the molecule is CCC1SC2=NC(C)=C(C(=O)OC(C)C)C(/C=C/c3ccccc3OC)N2C1=O. The van der Waals surface area contributed by atoms with Gasteiger partial charge in [0.15, 0.2) is 5.17 Å². The van der Waals surface area contributed by atoms with E-state index in [-0.39, 0.29) is 17.3 Å². The summed E-state index contributed by atoms with van der Waals surface area (Å²) in [7, 11) is 1.61. The van der Waals surface area contributed by atoms with Gasteiger partial charge in [-0.2, -0.15) is 0 Å². The molecule has 29 heavy (non-hydrogen) atoms. The highest BCUT2D eigenvalue weighted by atomic mass is 32.2. The van der Waals surface area contributed by atoms with Crippen LogP contribution in [-0.2, 0) is 14.3 Å². The Kier molecular flexibility index (Phi) is 6.47. The highest BCUT2D eigenvalue weighted by Gasteiger charge is 2.45. The average Bonchev–Trinajstić information content (AvgIpc) is 3.00. The molecule has 1 aromatic rings. The van der Waals surface area contributed by atoms with E-state index in [2.05, 4.69) is 4.99 Å². The molecule has 2 aliphatic rings.